The third kappa shape index (κ3) is 2.57. The number of nitrogens with zero attached hydrogens (tertiary/aromatic N) is 2. The van der Waals surface area contributed by atoms with Crippen molar-refractivity contribution in [1.29, 1.82) is 0 Å². The summed E-state index contributed by atoms with van der Waals surface area (Å²) in [5.74, 6) is 0.0906. The van der Waals surface area contributed by atoms with Crippen molar-refractivity contribution in [3.05, 3.63) is 54.0 Å². The zero-order chi connectivity index (χ0) is 16.7. The van der Waals surface area contributed by atoms with E-state index in [0.717, 1.165) is 5.69 Å². The van der Waals surface area contributed by atoms with E-state index in [-0.39, 0.29) is 17.5 Å². The topological polar surface area (TPSA) is 38.1 Å². The van der Waals surface area contributed by atoms with Crippen LogP contribution >= 0.6 is 0 Å². The molecule has 3 nitrogen and oxygen atoms in total. The Hall–Kier alpha value is -2.01. The maximum absolute atomic E-state index is 12.7. The number of hydrogen-bond acceptors (Lipinski definition) is 2. The standard InChI is InChI=1S/C19H20F2N2O/c20-19(21)13-7-5-12(6-8-13)18(24)9-16-14-3-1-2-4-15(14)17-10-22-11-23(16)17/h1-4,10-12,16,18,24H,5-9H2. The van der Waals surface area contributed by atoms with Gasteiger partial charge in [0.05, 0.1) is 30.4 Å². The highest BCUT2D eigenvalue weighted by molar-refractivity contribution is 5.68. The van der Waals surface area contributed by atoms with Crippen LogP contribution in [0.1, 0.15) is 43.7 Å². The molecule has 1 aromatic heterocycles. The van der Waals surface area contributed by atoms with E-state index >= 15 is 0 Å². The molecule has 0 bridgehead atoms. The van der Waals surface area contributed by atoms with Crippen LogP contribution in [0.15, 0.2) is 48.4 Å². The quantitative estimate of drug-likeness (QED) is 0.897. The van der Waals surface area contributed by atoms with Crippen molar-refractivity contribution in [2.75, 3.05) is 0 Å². The van der Waals surface area contributed by atoms with Gasteiger partial charge in [-0.1, -0.05) is 24.3 Å². The van der Waals surface area contributed by atoms with Crippen LogP contribution in [0.25, 0.3) is 11.3 Å². The summed E-state index contributed by atoms with van der Waals surface area (Å²) in [6, 6.07) is 8.27. The van der Waals surface area contributed by atoms with Gasteiger partial charge in [-0.05, 0) is 49.2 Å². The minimum Gasteiger partial charge on any atom is -0.393 e. The SMILES string of the molecule is OC(CC1c2ccccc2-c2cncn21)C1CCC(=C(F)F)CC1. The molecule has 4 rings (SSSR count). The smallest absolute Gasteiger partial charge is 0.269 e. The fraction of sp³-hybridized carbons (Fsp3) is 0.421. The molecule has 1 aromatic carbocycles. The molecule has 0 amide bonds. The molecule has 1 aliphatic heterocycles. The van der Waals surface area contributed by atoms with Crippen molar-refractivity contribution in [1.82, 2.24) is 9.55 Å². The molecule has 0 radical (unpaired) electrons. The predicted molar refractivity (Wildman–Crippen MR) is 87.6 cm³/mol. The molecule has 126 valence electrons. The largest absolute Gasteiger partial charge is 0.393 e. The molecule has 1 aliphatic carbocycles. The highest BCUT2D eigenvalue weighted by Gasteiger charge is 2.33. The maximum Gasteiger partial charge on any atom is 0.269 e. The van der Waals surface area contributed by atoms with Crippen LogP contribution in [0.4, 0.5) is 8.78 Å². The monoisotopic (exact) mass is 330 g/mol. The summed E-state index contributed by atoms with van der Waals surface area (Å²) in [4.78, 5) is 4.23. The first kappa shape index (κ1) is 15.5. The fourth-order valence-corrected chi connectivity index (χ4v) is 4.16. The van der Waals surface area contributed by atoms with Crippen LogP contribution in [0.3, 0.4) is 0 Å². The molecule has 2 aromatic rings. The van der Waals surface area contributed by atoms with Crippen molar-refractivity contribution in [3.8, 4) is 11.3 Å². The molecule has 5 heteroatoms. The van der Waals surface area contributed by atoms with Gasteiger partial charge in [-0.3, -0.25) is 0 Å². The first-order chi connectivity index (χ1) is 11.6. The molecule has 1 saturated carbocycles. The fourth-order valence-electron chi connectivity index (χ4n) is 4.16. The van der Waals surface area contributed by atoms with Crippen molar-refractivity contribution >= 4 is 0 Å². The van der Waals surface area contributed by atoms with E-state index < -0.39 is 12.2 Å². The average Bonchev–Trinajstić information content (AvgIpc) is 3.18. The van der Waals surface area contributed by atoms with Gasteiger partial charge in [-0.15, -0.1) is 0 Å². The third-order valence-electron chi connectivity index (χ3n) is 5.51. The van der Waals surface area contributed by atoms with Crippen LogP contribution in [0, 0.1) is 5.92 Å². The molecule has 2 atom stereocenters. The van der Waals surface area contributed by atoms with Gasteiger partial charge in [-0.2, -0.15) is 8.78 Å². The first-order valence-electron chi connectivity index (χ1n) is 8.47. The molecule has 24 heavy (non-hydrogen) atoms. The van der Waals surface area contributed by atoms with E-state index in [1.165, 1.54) is 11.1 Å². The Balaban J connectivity index is 1.51. The summed E-state index contributed by atoms with van der Waals surface area (Å²) < 4.78 is 27.5. The summed E-state index contributed by atoms with van der Waals surface area (Å²) in [5, 5.41) is 10.7. The van der Waals surface area contributed by atoms with Crippen LogP contribution in [-0.4, -0.2) is 20.8 Å². The number of hydrogen-bond donors (Lipinski definition) is 1. The van der Waals surface area contributed by atoms with Gasteiger partial charge in [0.25, 0.3) is 6.08 Å². The number of aliphatic hydroxyl groups is 1. The van der Waals surface area contributed by atoms with Crippen molar-refractivity contribution in [2.24, 2.45) is 5.92 Å². The van der Waals surface area contributed by atoms with E-state index in [2.05, 4.69) is 21.7 Å². The third-order valence-corrected chi connectivity index (χ3v) is 5.51. The Kier molecular flexibility index (Phi) is 3.96. The Morgan fingerprint density at radius 2 is 2.00 bits per heavy atom. The number of benzene rings is 1. The molecule has 2 aliphatic rings. The first-order valence-corrected chi connectivity index (χ1v) is 8.47. The van der Waals surface area contributed by atoms with Crippen LogP contribution in [-0.2, 0) is 0 Å². The number of fused-ring (bicyclic) bond motifs is 3. The van der Waals surface area contributed by atoms with Gasteiger partial charge in [0.2, 0.25) is 0 Å². The lowest BCUT2D eigenvalue weighted by molar-refractivity contribution is 0.0738. The van der Waals surface area contributed by atoms with Gasteiger partial charge < -0.3 is 9.67 Å². The van der Waals surface area contributed by atoms with Crippen LogP contribution in [0.2, 0.25) is 0 Å². The molecular weight excluding hydrogens is 310 g/mol. The Labute approximate surface area is 139 Å². The second-order valence-corrected chi connectivity index (χ2v) is 6.79. The highest BCUT2D eigenvalue weighted by atomic mass is 19.3. The zero-order valence-electron chi connectivity index (χ0n) is 13.3. The lowest BCUT2D eigenvalue weighted by Gasteiger charge is -2.29. The van der Waals surface area contributed by atoms with Gasteiger partial charge in [0.1, 0.15) is 0 Å². The molecule has 2 unspecified atom stereocenters. The second kappa shape index (κ2) is 6.13. The van der Waals surface area contributed by atoms with Crippen molar-refractivity contribution < 1.29 is 13.9 Å². The van der Waals surface area contributed by atoms with Crippen molar-refractivity contribution in [3.63, 3.8) is 0 Å². The molecule has 2 heterocycles. The Morgan fingerprint density at radius 1 is 1.25 bits per heavy atom. The van der Waals surface area contributed by atoms with E-state index in [0.29, 0.717) is 32.1 Å². The zero-order valence-corrected chi connectivity index (χ0v) is 13.3. The lowest BCUT2D eigenvalue weighted by atomic mass is 9.80. The lowest BCUT2D eigenvalue weighted by Crippen LogP contribution is -2.26. The molecule has 0 saturated heterocycles. The minimum absolute atomic E-state index is 0.0727. The van der Waals surface area contributed by atoms with Crippen LogP contribution in [0.5, 0.6) is 0 Å². The highest BCUT2D eigenvalue weighted by Crippen LogP contribution is 2.43. The number of halogens is 2. The van der Waals surface area contributed by atoms with Gasteiger partial charge in [0.15, 0.2) is 0 Å². The summed E-state index contributed by atoms with van der Waals surface area (Å²) in [6.45, 7) is 0. The predicted octanol–water partition coefficient (Wildman–Crippen LogP) is 4.54. The van der Waals surface area contributed by atoms with Crippen LogP contribution < -0.4 is 0 Å². The van der Waals surface area contributed by atoms with Gasteiger partial charge in [0, 0.05) is 5.56 Å². The number of aliphatic hydroxyl groups excluding tert-OH is 1. The van der Waals surface area contributed by atoms with E-state index in [1.54, 1.807) is 0 Å². The minimum atomic E-state index is -1.53. The van der Waals surface area contributed by atoms with Crippen molar-refractivity contribution in [2.45, 2.75) is 44.2 Å². The molecular formula is C19H20F2N2O. The normalized spacial score (nSPS) is 23.7. The summed E-state index contributed by atoms with van der Waals surface area (Å²) in [5.41, 5.74) is 3.72. The number of allylic oxidation sites excluding steroid dienone is 1. The van der Waals surface area contributed by atoms with E-state index in [4.69, 9.17) is 0 Å². The number of aromatic nitrogens is 2. The summed E-state index contributed by atoms with van der Waals surface area (Å²) >= 11 is 0. The van der Waals surface area contributed by atoms with E-state index in [1.807, 2.05) is 24.7 Å². The maximum atomic E-state index is 12.7. The summed E-state index contributed by atoms with van der Waals surface area (Å²) in [7, 11) is 0. The van der Waals surface area contributed by atoms with Gasteiger partial charge >= 0.3 is 0 Å². The summed E-state index contributed by atoms with van der Waals surface area (Å²) in [6.07, 6.45) is 4.33. The Morgan fingerprint density at radius 3 is 2.75 bits per heavy atom. The molecule has 1 fully saturated rings. The Bertz CT molecular complexity index is 769. The second-order valence-electron chi connectivity index (χ2n) is 6.79. The van der Waals surface area contributed by atoms with Gasteiger partial charge in [-0.25, -0.2) is 4.98 Å². The molecule has 1 N–H and O–H groups in total. The average molecular weight is 330 g/mol. The van der Waals surface area contributed by atoms with E-state index in [9.17, 15) is 13.9 Å². The number of rotatable bonds is 3. The molecule has 0 spiro atoms. The number of imidazole rings is 1.